The van der Waals surface area contributed by atoms with Gasteiger partial charge in [-0.05, 0) is 25.3 Å². The molecule has 4 nitrogen and oxygen atoms in total. The predicted octanol–water partition coefficient (Wildman–Crippen LogP) is 6.20. The van der Waals surface area contributed by atoms with Crippen LogP contribution in [-0.4, -0.2) is 22.4 Å². The molecule has 0 bridgehead atoms. The number of Topliss-reactive ketones (excluding diaryl/α,β-unsaturated/α-hetero) is 1. The molecule has 1 aromatic carbocycles. The van der Waals surface area contributed by atoms with Gasteiger partial charge in [-0.25, -0.2) is 4.98 Å². The molecule has 0 spiro atoms. The Morgan fingerprint density at radius 3 is 2.46 bits per heavy atom. The van der Waals surface area contributed by atoms with E-state index in [1.54, 1.807) is 19.6 Å². The minimum absolute atomic E-state index is 0.0607. The number of carbonyl (C=O) groups is 1. The second-order valence-electron chi connectivity index (χ2n) is 7.34. The van der Waals surface area contributed by atoms with E-state index >= 15 is 0 Å². The summed E-state index contributed by atoms with van der Waals surface area (Å²) in [7, 11) is 1.66. The molecule has 0 N–H and O–H groups in total. The number of ether oxygens (including phenoxy) is 1. The monoisotopic (exact) mass is 382 g/mol. The highest BCUT2D eigenvalue weighted by Gasteiger charge is 2.39. The van der Waals surface area contributed by atoms with Crippen molar-refractivity contribution in [1.82, 2.24) is 9.55 Å². The van der Waals surface area contributed by atoms with Gasteiger partial charge in [0.1, 0.15) is 5.69 Å². The van der Waals surface area contributed by atoms with Crippen LogP contribution in [0.5, 0.6) is 0 Å². The fourth-order valence-corrected chi connectivity index (χ4v) is 4.12. The maximum Gasteiger partial charge on any atom is 0.181 e. The molecule has 152 valence electrons. The second kappa shape index (κ2) is 10.3. The number of allylic oxidation sites excluding steroid dienone is 1. The summed E-state index contributed by atoms with van der Waals surface area (Å²) >= 11 is 0. The maximum absolute atomic E-state index is 13.2. The fourth-order valence-electron chi connectivity index (χ4n) is 4.12. The summed E-state index contributed by atoms with van der Waals surface area (Å²) in [5.74, 6) is 0.859. The third-order valence-corrected chi connectivity index (χ3v) is 5.80. The van der Waals surface area contributed by atoms with E-state index in [-0.39, 0.29) is 17.2 Å². The molecule has 1 aliphatic rings. The Labute approximate surface area is 169 Å². The van der Waals surface area contributed by atoms with E-state index in [1.165, 1.54) is 6.42 Å². The van der Waals surface area contributed by atoms with Crippen LogP contribution in [0, 0.1) is 5.41 Å². The number of rotatable bonds is 7. The average Bonchev–Trinajstić information content (AvgIpc) is 3.25. The summed E-state index contributed by atoms with van der Waals surface area (Å²) in [6.45, 7) is 10.2. The molecular formula is C24H34N2O2. The lowest BCUT2D eigenvalue weighted by Crippen LogP contribution is -2.31. The molecule has 2 aromatic rings. The van der Waals surface area contributed by atoms with Gasteiger partial charge in [-0.15, -0.1) is 0 Å². The van der Waals surface area contributed by atoms with Gasteiger partial charge in [0.25, 0.3) is 0 Å². The van der Waals surface area contributed by atoms with E-state index in [0.717, 1.165) is 37.0 Å². The normalized spacial score (nSPS) is 16.4. The van der Waals surface area contributed by atoms with Crippen LogP contribution < -0.4 is 0 Å². The van der Waals surface area contributed by atoms with Crippen LogP contribution in [0.4, 0.5) is 0 Å². The summed E-state index contributed by atoms with van der Waals surface area (Å²) in [6.07, 6.45) is 9.27. The standard InChI is InChI=1S/C22H28N2O2.C2H6/c1-17(19-10-6-4-7-11-19)24-16-23-15-20(24)21(25)14-22(18(2)26-3)12-8-5-9-13-22;1-2/h4,6-7,10-11,15-17H,2,5,8-9,12-14H2,1,3H3;1-2H3. The summed E-state index contributed by atoms with van der Waals surface area (Å²) in [5, 5.41) is 0. The average molecular weight is 383 g/mol. The topological polar surface area (TPSA) is 44.1 Å². The highest BCUT2D eigenvalue weighted by molar-refractivity contribution is 5.95. The number of nitrogens with zero attached hydrogens (tertiary/aromatic N) is 2. The van der Waals surface area contributed by atoms with Gasteiger partial charge in [-0.3, -0.25) is 4.79 Å². The summed E-state index contributed by atoms with van der Waals surface area (Å²) < 4.78 is 7.47. The Balaban J connectivity index is 0.00000136. The van der Waals surface area contributed by atoms with Crippen molar-refractivity contribution >= 4 is 5.78 Å². The third-order valence-electron chi connectivity index (χ3n) is 5.80. The quantitative estimate of drug-likeness (QED) is 0.423. The highest BCUT2D eigenvalue weighted by atomic mass is 16.5. The number of carbonyl (C=O) groups excluding carboxylic acids is 1. The fraction of sp³-hybridized carbons (Fsp3) is 0.500. The van der Waals surface area contributed by atoms with Crippen LogP contribution in [0.2, 0.25) is 0 Å². The Morgan fingerprint density at radius 1 is 1.21 bits per heavy atom. The molecule has 1 aliphatic carbocycles. The molecule has 0 aliphatic heterocycles. The molecule has 0 saturated heterocycles. The van der Waals surface area contributed by atoms with E-state index in [0.29, 0.717) is 12.1 Å². The number of benzene rings is 1. The predicted molar refractivity (Wildman–Crippen MR) is 114 cm³/mol. The van der Waals surface area contributed by atoms with E-state index in [2.05, 4.69) is 30.6 Å². The van der Waals surface area contributed by atoms with Gasteiger partial charge in [-0.2, -0.15) is 0 Å². The zero-order valence-corrected chi connectivity index (χ0v) is 17.8. The Morgan fingerprint density at radius 2 is 1.86 bits per heavy atom. The van der Waals surface area contributed by atoms with Crippen LogP contribution in [-0.2, 0) is 4.74 Å². The molecule has 1 unspecified atom stereocenters. The third kappa shape index (κ3) is 4.73. The van der Waals surface area contributed by atoms with Crippen LogP contribution in [0.3, 0.4) is 0 Å². The summed E-state index contributed by atoms with van der Waals surface area (Å²) in [6, 6.07) is 10.3. The van der Waals surface area contributed by atoms with Crippen molar-refractivity contribution in [3.8, 4) is 0 Å². The number of hydrogen-bond donors (Lipinski definition) is 0. The smallest absolute Gasteiger partial charge is 0.181 e. The number of methoxy groups -OCH3 is 1. The van der Waals surface area contributed by atoms with Gasteiger partial charge in [0.2, 0.25) is 0 Å². The zero-order valence-electron chi connectivity index (χ0n) is 17.8. The summed E-state index contributed by atoms with van der Waals surface area (Å²) in [4.78, 5) is 17.5. The van der Waals surface area contributed by atoms with Gasteiger partial charge in [0, 0.05) is 11.8 Å². The first kappa shape index (κ1) is 21.9. The zero-order chi connectivity index (χ0) is 20.6. The van der Waals surface area contributed by atoms with Gasteiger partial charge in [0.15, 0.2) is 5.78 Å². The van der Waals surface area contributed by atoms with E-state index in [4.69, 9.17) is 4.74 Å². The van der Waals surface area contributed by atoms with Crippen molar-refractivity contribution in [2.24, 2.45) is 5.41 Å². The molecule has 0 radical (unpaired) electrons. The molecule has 0 amide bonds. The molecular weight excluding hydrogens is 348 g/mol. The molecule has 1 saturated carbocycles. The first-order chi connectivity index (χ1) is 13.6. The van der Waals surface area contributed by atoms with Gasteiger partial charge in [0.05, 0.1) is 31.4 Å². The van der Waals surface area contributed by atoms with Crippen molar-refractivity contribution in [1.29, 1.82) is 0 Å². The molecule has 3 rings (SSSR count). The van der Waals surface area contributed by atoms with Gasteiger partial charge >= 0.3 is 0 Å². The van der Waals surface area contributed by atoms with Crippen molar-refractivity contribution in [2.75, 3.05) is 7.11 Å². The van der Waals surface area contributed by atoms with Crippen molar-refractivity contribution in [3.63, 3.8) is 0 Å². The molecule has 28 heavy (non-hydrogen) atoms. The Hall–Kier alpha value is -2.36. The number of ketones is 1. The van der Waals surface area contributed by atoms with E-state index < -0.39 is 0 Å². The largest absolute Gasteiger partial charge is 0.501 e. The first-order valence-corrected chi connectivity index (χ1v) is 10.4. The van der Waals surface area contributed by atoms with Gasteiger partial charge < -0.3 is 9.30 Å². The molecule has 1 atom stereocenters. The SMILES string of the molecule is C=C(OC)C1(CC(=O)c2cncn2C(C)c2ccccc2)CCCCC1.CC. The Bertz CT molecular complexity index is 758. The minimum Gasteiger partial charge on any atom is -0.501 e. The second-order valence-corrected chi connectivity index (χ2v) is 7.34. The lowest BCUT2D eigenvalue weighted by molar-refractivity contribution is 0.0779. The van der Waals surface area contributed by atoms with Crippen LogP contribution in [0.15, 0.2) is 55.2 Å². The van der Waals surface area contributed by atoms with E-state index in [1.807, 2.05) is 36.6 Å². The number of aromatic nitrogens is 2. The molecule has 1 heterocycles. The van der Waals surface area contributed by atoms with Crippen LogP contribution in [0.1, 0.15) is 81.4 Å². The van der Waals surface area contributed by atoms with Crippen molar-refractivity contribution < 1.29 is 9.53 Å². The lowest BCUT2D eigenvalue weighted by Gasteiger charge is -2.37. The number of hydrogen-bond acceptors (Lipinski definition) is 3. The van der Waals surface area contributed by atoms with E-state index in [9.17, 15) is 4.79 Å². The van der Waals surface area contributed by atoms with Gasteiger partial charge in [-0.1, -0.05) is 70.0 Å². The first-order valence-electron chi connectivity index (χ1n) is 10.4. The maximum atomic E-state index is 13.2. The molecule has 1 fully saturated rings. The van der Waals surface area contributed by atoms with Crippen molar-refractivity contribution in [2.45, 2.75) is 65.3 Å². The lowest BCUT2D eigenvalue weighted by atomic mass is 9.69. The molecule has 1 aromatic heterocycles. The molecule has 4 heteroatoms. The minimum atomic E-state index is -0.241. The highest BCUT2D eigenvalue weighted by Crippen LogP contribution is 2.45. The Kier molecular flexibility index (Phi) is 8.04. The summed E-state index contributed by atoms with van der Waals surface area (Å²) in [5.41, 5.74) is 1.58. The van der Waals surface area contributed by atoms with Crippen LogP contribution in [0.25, 0.3) is 0 Å². The number of imidazole rings is 1. The van der Waals surface area contributed by atoms with Crippen molar-refractivity contribution in [3.05, 3.63) is 66.5 Å². The van der Waals surface area contributed by atoms with Crippen LogP contribution >= 0.6 is 0 Å².